The molecule has 1 saturated carbocycles. The van der Waals surface area contributed by atoms with E-state index in [-0.39, 0.29) is 36.6 Å². The number of hydrogen-bond acceptors (Lipinski definition) is 6. The van der Waals surface area contributed by atoms with Crippen LogP contribution in [0.25, 0.3) is 0 Å². The average Bonchev–Trinajstić information content (AvgIpc) is 2.93. The molecule has 1 aliphatic carbocycles. The number of nitrogens with one attached hydrogen (secondary N) is 3. The van der Waals surface area contributed by atoms with Gasteiger partial charge in [-0.2, -0.15) is 0 Å². The van der Waals surface area contributed by atoms with E-state index in [1.807, 2.05) is 0 Å². The Balaban J connectivity index is 1.42. The highest BCUT2D eigenvalue weighted by Gasteiger charge is 2.32. The van der Waals surface area contributed by atoms with Crippen LogP contribution in [-0.4, -0.2) is 53.6 Å². The number of rotatable bonds is 7. The fraction of sp³-hybridized carbons (Fsp3) is 0.737. The zero-order valence-corrected chi connectivity index (χ0v) is 16.5. The molecule has 1 aliphatic heterocycles. The summed E-state index contributed by atoms with van der Waals surface area (Å²) in [5.41, 5.74) is 1.16. The number of urea groups is 1. The predicted molar refractivity (Wildman–Crippen MR) is 102 cm³/mol. The summed E-state index contributed by atoms with van der Waals surface area (Å²) in [6, 6.07) is -0.668. The lowest BCUT2D eigenvalue weighted by Gasteiger charge is -2.36. The third kappa shape index (κ3) is 5.02. The molecule has 3 atom stereocenters. The van der Waals surface area contributed by atoms with Crippen LogP contribution in [-0.2, 0) is 9.53 Å². The zero-order chi connectivity index (χ0) is 20.1. The van der Waals surface area contributed by atoms with Gasteiger partial charge < -0.3 is 30.3 Å². The smallest absolute Gasteiger partial charge is 0.319 e. The largest absolute Gasteiger partial charge is 0.394 e. The lowest BCUT2D eigenvalue weighted by Crippen LogP contribution is -2.52. The minimum atomic E-state index is -0.475. The van der Waals surface area contributed by atoms with E-state index in [1.165, 1.54) is 0 Å². The molecule has 3 amide bonds. The molecule has 3 rings (SSSR count). The van der Waals surface area contributed by atoms with Crippen molar-refractivity contribution in [1.82, 2.24) is 15.8 Å². The first-order valence-electron chi connectivity index (χ1n) is 10.0. The number of aliphatic hydroxyl groups excluding tert-OH is 1. The first-order chi connectivity index (χ1) is 13.5. The van der Waals surface area contributed by atoms with Gasteiger partial charge in [-0.25, -0.2) is 4.79 Å². The molecule has 0 unspecified atom stereocenters. The molecular weight excluding hydrogens is 364 g/mol. The van der Waals surface area contributed by atoms with Gasteiger partial charge in [0, 0.05) is 12.5 Å². The van der Waals surface area contributed by atoms with Crippen molar-refractivity contribution in [3.63, 3.8) is 0 Å². The molecule has 0 aromatic carbocycles. The van der Waals surface area contributed by atoms with Crippen molar-refractivity contribution in [2.75, 3.05) is 18.5 Å². The summed E-state index contributed by atoms with van der Waals surface area (Å²) in [6.45, 7) is 3.87. The van der Waals surface area contributed by atoms with Crippen molar-refractivity contribution >= 4 is 17.6 Å². The van der Waals surface area contributed by atoms with E-state index < -0.39 is 6.10 Å². The van der Waals surface area contributed by atoms with E-state index >= 15 is 0 Å². The fourth-order valence-electron chi connectivity index (χ4n) is 3.66. The van der Waals surface area contributed by atoms with Gasteiger partial charge in [-0.3, -0.25) is 4.79 Å². The number of anilines is 1. The van der Waals surface area contributed by atoms with Crippen LogP contribution in [0.5, 0.6) is 0 Å². The summed E-state index contributed by atoms with van der Waals surface area (Å²) in [5, 5.41) is 22.0. The van der Waals surface area contributed by atoms with E-state index in [1.54, 1.807) is 13.8 Å². The number of hydrogen-bond donors (Lipinski definition) is 4. The molecule has 28 heavy (non-hydrogen) atoms. The maximum absolute atomic E-state index is 12.3. The first kappa shape index (κ1) is 20.6. The summed E-state index contributed by atoms with van der Waals surface area (Å²) < 4.78 is 11.0. The van der Waals surface area contributed by atoms with Gasteiger partial charge in [0.25, 0.3) is 0 Å². The van der Waals surface area contributed by atoms with Crippen LogP contribution in [0.1, 0.15) is 50.0 Å². The van der Waals surface area contributed by atoms with Crippen LogP contribution >= 0.6 is 0 Å². The maximum Gasteiger partial charge on any atom is 0.319 e. The second-order valence-electron chi connectivity index (χ2n) is 7.67. The normalized spacial score (nSPS) is 25.0. The predicted octanol–water partition coefficient (Wildman–Crippen LogP) is 1.63. The van der Waals surface area contributed by atoms with Gasteiger partial charge >= 0.3 is 6.03 Å². The Morgan fingerprint density at radius 2 is 2.00 bits per heavy atom. The van der Waals surface area contributed by atoms with Crippen LogP contribution < -0.4 is 16.0 Å². The van der Waals surface area contributed by atoms with E-state index in [0.29, 0.717) is 36.5 Å². The molecule has 0 radical (unpaired) electrons. The van der Waals surface area contributed by atoms with Gasteiger partial charge in [-0.05, 0) is 46.0 Å². The Bertz CT molecular complexity index is 668. The number of carbonyl (C=O) groups excluding carboxylic acids is 2. The number of amides is 3. The first-order valence-corrected chi connectivity index (χ1v) is 10.0. The van der Waals surface area contributed by atoms with E-state index in [0.717, 1.165) is 25.7 Å². The Kier molecular flexibility index (Phi) is 6.90. The van der Waals surface area contributed by atoms with Crippen LogP contribution in [0, 0.1) is 19.8 Å². The highest BCUT2D eigenvalue weighted by atomic mass is 16.5. The second kappa shape index (κ2) is 9.38. The Morgan fingerprint density at radius 3 is 2.61 bits per heavy atom. The minimum Gasteiger partial charge on any atom is -0.394 e. The third-order valence-electron chi connectivity index (χ3n) is 5.63. The van der Waals surface area contributed by atoms with Gasteiger partial charge in [0.15, 0.2) is 5.76 Å². The van der Waals surface area contributed by atoms with Crippen LogP contribution in [0.2, 0.25) is 0 Å². The van der Waals surface area contributed by atoms with E-state index in [2.05, 4.69) is 21.1 Å². The number of aryl methyl sites for hydroxylation is 2. The molecular formula is C19H30N4O5. The number of aliphatic hydroxyl groups is 1. The number of ether oxygens (including phenoxy) is 1. The van der Waals surface area contributed by atoms with Crippen molar-refractivity contribution in [3.05, 3.63) is 11.5 Å². The van der Waals surface area contributed by atoms with Crippen molar-refractivity contribution in [1.29, 1.82) is 0 Å². The van der Waals surface area contributed by atoms with Gasteiger partial charge in [0.05, 0.1) is 18.8 Å². The van der Waals surface area contributed by atoms with E-state index in [9.17, 15) is 14.7 Å². The highest BCUT2D eigenvalue weighted by Crippen LogP contribution is 2.26. The standard InChI is InChI=1S/C19H30N4O5/c1-11-17(12(2)28-23-11)22-19(26)21-15-7-6-14(27-16(15)10-24)8-9-20-18(25)13-4-3-5-13/h13-16,24H,3-10H2,1-2H3,(H,20,25)(H2,21,22,26)/t14-,15-,16+/m0/s1. The summed E-state index contributed by atoms with van der Waals surface area (Å²) in [6.07, 6.45) is 4.75. The molecule has 2 fully saturated rings. The molecule has 4 N–H and O–H groups in total. The van der Waals surface area contributed by atoms with Gasteiger partial charge in [-0.1, -0.05) is 11.6 Å². The topological polar surface area (TPSA) is 126 Å². The molecule has 9 heteroatoms. The second-order valence-corrected chi connectivity index (χ2v) is 7.67. The maximum atomic E-state index is 12.3. The van der Waals surface area contributed by atoms with Gasteiger partial charge in [0.1, 0.15) is 17.5 Å². The SMILES string of the molecule is Cc1noc(C)c1NC(=O)N[C@H]1CC[C@@H](CCNC(=O)C2CCC2)O[C@@H]1CO. The van der Waals surface area contributed by atoms with Gasteiger partial charge in [-0.15, -0.1) is 0 Å². The number of aromatic nitrogens is 1. The molecule has 156 valence electrons. The Labute approximate surface area is 164 Å². The van der Waals surface area contributed by atoms with Crippen molar-refractivity contribution in [3.8, 4) is 0 Å². The molecule has 1 saturated heterocycles. The minimum absolute atomic E-state index is 0.0393. The third-order valence-corrected chi connectivity index (χ3v) is 5.63. The number of carbonyl (C=O) groups is 2. The summed E-state index contributed by atoms with van der Waals surface area (Å²) in [4.78, 5) is 24.2. The molecule has 1 aromatic rings. The van der Waals surface area contributed by atoms with E-state index in [4.69, 9.17) is 9.26 Å². The molecule has 0 spiro atoms. The number of nitrogens with zero attached hydrogens (tertiary/aromatic N) is 1. The van der Waals surface area contributed by atoms with Gasteiger partial charge in [0.2, 0.25) is 5.91 Å². The fourth-order valence-corrected chi connectivity index (χ4v) is 3.66. The van der Waals surface area contributed by atoms with Crippen molar-refractivity contribution < 1.29 is 24.0 Å². The van der Waals surface area contributed by atoms with Crippen LogP contribution in [0.4, 0.5) is 10.5 Å². The van der Waals surface area contributed by atoms with Crippen molar-refractivity contribution in [2.24, 2.45) is 5.92 Å². The molecule has 0 bridgehead atoms. The summed E-state index contributed by atoms with van der Waals surface area (Å²) in [5.74, 6) is 0.855. The van der Waals surface area contributed by atoms with Crippen molar-refractivity contribution in [2.45, 2.75) is 70.6 Å². The molecule has 1 aromatic heterocycles. The quantitative estimate of drug-likeness (QED) is 0.557. The Hall–Kier alpha value is -2.13. The Morgan fingerprint density at radius 1 is 1.21 bits per heavy atom. The summed E-state index contributed by atoms with van der Waals surface area (Å²) >= 11 is 0. The zero-order valence-electron chi connectivity index (χ0n) is 16.5. The average molecular weight is 394 g/mol. The van der Waals surface area contributed by atoms with Crippen LogP contribution in [0.15, 0.2) is 4.52 Å². The molecule has 2 aliphatic rings. The summed E-state index contributed by atoms with van der Waals surface area (Å²) in [7, 11) is 0. The molecule has 9 nitrogen and oxygen atoms in total. The highest BCUT2D eigenvalue weighted by molar-refractivity contribution is 5.90. The molecule has 2 heterocycles. The van der Waals surface area contributed by atoms with Crippen LogP contribution in [0.3, 0.4) is 0 Å². The lowest BCUT2D eigenvalue weighted by atomic mass is 9.85. The monoisotopic (exact) mass is 394 g/mol. The lowest BCUT2D eigenvalue weighted by molar-refractivity contribution is -0.127.